The Labute approximate surface area is 224 Å². The predicted octanol–water partition coefficient (Wildman–Crippen LogP) is 4.32. The Balaban J connectivity index is 1.35. The van der Waals surface area contributed by atoms with E-state index < -0.39 is 38.7 Å². The molecule has 0 spiro atoms. The smallest absolute Gasteiger partial charge is 0.232 e. The van der Waals surface area contributed by atoms with Crippen LogP contribution in [0.3, 0.4) is 0 Å². The van der Waals surface area contributed by atoms with Crippen molar-refractivity contribution in [3.63, 3.8) is 0 Å². The molecule has 0 atom stereocenters. The van der Waals surface area contributed by atoms with Crippen LogP contribution in [0.15, 0.2) is 48.7 Å². The average molecular weight is 556 g/mol. The minimum absolute atomic E-state index is 0.233. The van der Waals surface area contributed by atoms with E-state index in [0.717, 1.165) is 36.5 Å². The minimum atomic E-state index is -3.83. The van der Waals surface area contributed by atoms with Crippen molar-refractivity contribution in [1.29, 1.82) is 0 Å². The van der Waals surface area contributed by atoms with E-state index in [-0.39, 0.29) is 12.2 Å². The molecule has 2 N–H and O–H groups in total. The summed E-state index contributed by atoms with van der Waals surface area (Å²) in [6.45, 7) is 4.73. The number of carbonyl (C=O) groups is 1. The zero-order valence-electron chi connectivity index (χ0n) is 21.2. The Morgan fingerprint density at radius 2 is 1.87 bits per heavy atom. The number of fused-ring (bicyclic) bond motifs is 1. The average Bonchev–Trinajstić information content (AvgIpc) is 3.34. The fraction of sp³-hybridized carbons (Fsp3) is 0.296. The highest BCUT2D eigenvalue weighted by atomic mass is 32.2. The van der Waals surface area contributed by atoms with Crippen LogP contribution < -0.4 is 9.62 Å². The summed E-state index contributed by atoms with van der Waals surface area (Å²) in [4.78, 5) is 27.2. The molecule has 4 aromatic rings. The molecule has 204 valence electrons. The number of aromatic amines is 1. The summed E-state index contributed by atoms with van der Waals surface area (Å²) in [6, 6.07) is 11.4. The molecule has 0 saturated carbocycles. The van der Waals surface area contributed by atoms with Gasteiger partial charge in [-0.25, -0.2) is 27.2 Å². The van der Waals surface area contributed by atoms with E-state index in [1.807, 2.05) is 24.3 Å². The lowest BCUT2D eigenvalue weighted by atomic mass is 10.0. The Hall–Kier alpha value is -3.90. The molecular weight excluding hydrogens is 528 g/mol. The lowest BCUT2D eigenvalue weighted by Gasteiger charge is -2.28. The van der Waals surface area contributed by atoms with Crippen molar-refractivity contribution in [3.8, 4) is 11.4 Å². The van der Waals surface area contributed by atoms with Crippen LogP contribution >= 0.6 is 0 Å². The molecule has 3 heterocycles. The molecule has 39 heavy (non-hydrogen) atoms. The number of carbonyl (C=O) groups excluding carboxylic acids is 1. The molecule has 1 aliphatic heterocycles. The standard InChI is InChI=1S/C27H27F2N5O4S/c1-2-13-39(36,37)33-21-8-7-20(28)24(25(21)29)23(35)15-17-14-22-27(30-16-17)32-26(31-22)18-3-5-19(6-4-18)34-9-11-38-12-10-34/h3-8,14,16,33H,2,9-13,15H2,1H3,(H,30,31,32). The molecule has 2 aromatic heterocycles. The van der Waals surface area contributed by atoms with Crippen LogP contribution in [0, 0.1) is 11.6 Å². The number of hydrogen-bond acceptors (Lipinski definition) is 7. The Morgan fingerprint density at radius 3 is 2.59 bits per heavy atom. The number of nitrogens with one attached hydrogen (secondary N) is 2. The van der Waals surface area contributed by atoms with Gasteiger partial charge >= 0.3 is 0 Å². The summed E-state index contributed by atoms with van der Waals surface area (Å²) < 4.78 is 61.1. The second kappa shape index (κ2) is 11.1. The monoisotopic (exact) mass is 555 g/mol. The van der Waals surface area contributed by atoms with Crippen LogP contribution in [-0.4, -0.2) is 61.2 Å². The van der Waals surface area contributed by atoms with Gasteiger partial charge in [-0.15, -0.1) is 0 Å². The van der Waals surface area contributed by atoms with E-state index in [9.17, 15) is 17.6 Å². The number of benzene rings is 2. The highest BCUT2D eigenvalue weighted by molar-refractivity contribution is 7.92. The van der Waals surface area contributed by atoms with E-state index in [1.54, 1.807) is 13.0 Å². The van der Waals surface area contributed by atoms with Gasteiger partial charge in [0.05, 0.1) is 35.7 Å². The highest BCUT2D eigenvalue weighted by Crippen LogP contribution is 2.26. The van der Waals surface area contributed by atoms with Gasteiger partial charge in [0.1, 0.15) is 11.6 Å². The summed E-state index contributed by atoms with van der Waals surface area (Å²) >= 11 is 0. The molecule has 0 radical (unpaired) electrons. The number of sulfonamides is 1. The van der Waals surface area contributed by atoms with Gasteiger partial charge in [0, 0.05) is 37.0 Å². The number of aromatic nitrogens is 3. The number of hydrogen-bond donors (Lipinski definition) is 2. The normalized spacial score (nSPS) is 14.1. The maximum absolute atomic E-state index is 15.0. The van der Waals surface area contributed by atoms with E-state index in [2.05, 4.69) is 24.6 Å². The summed E-state index contributed by atoms with van der Waals surface area (Å²) in [7, 11) is -3.83. The second-order valence-corrected chi connectivity index (χ2v) is 11.1. The van der Waals surface area contributed by atoms with Crippen LogP contribution in [0.2, 0.25) is 0 Å². The molecule has 1 aliphatic rings. The van der Waals surface area contributed by atoms with E-state index in [0.29, 0.717) is 42.2 Å². The van der Waals surface area contributed by atoms with Gasteiger partial charge in [0.2, 0.25) is 10.0 Å². The number of morpholine rings is 1. The lowest BCUT2D eigenvalue weighted by Crippen LogP contribution is -2.36. The van der Waals surface area contributed by atoms with Crippen molar-refractivity contribution < 1.29 is 26.7 Å². The van der Waals surface area contributed by atoms with Crippen LogP contribution in [0.1, 0.15) is 29.3 Å². The third-order valence-electron chi connectivity index (χ3n) is 6.38. The fourth-order valence-electron chi connectivity index (χ4n) is 4.48. The van der Waals surface area contributed by atoms with E-state index in [1.165, 1.54) is 6.20 Å². The number of H-pyrrole nitrogens is 1. The number of ketones is 1. The Kier molecular flexibility index (Phi) is 7.58. The number of nitrogens with zero attached hydrogens (tertiary/aromatic N) is 3. The molecule has 1 fully saturated rings. The molecule has 0 aliphatic carbocycles. The molecular formula is C27H27F2N5O4S. The Morgan fingerprint density at radius 1 is 1.13 bits per heavy atom. The summed E-state index contributed by atoms with van der Waals surface area (Å²) in [5, 5.41) is 0. The lowest BCUT2D eigenvalue weighted by molar-refractivity contribution is 0.0985. The van der Waals surface area contributed by atoms with Gasteiger partial charge in [-0.2, -0.15) is 0 Å². The SMILES string of the molecule is CCCS(=O)(=O)Nc1ccc(F)c(C(=O)Cc2cnc3nc(-c4ccc(N5CCOCC5)cc4)[nH]c3c2)c1F. The molecule has 12 heteroatoms. The Bertz CT molecular complexity index is 1620. The number of ether oxygens (including phenoxy) is 1. The molecule has 0 amide bonds. The van der Waals surface area contributed by atoms with Crippen LogP contribution in [0.25, 0.3) is 22.6 Å². The first-order valence-corrected chi connectivity index (χ1v) is 14.2. The number of Topliss-reactive ketones (excluding diaryl/α,β-unsaturated/α-hetero) is 1. The third-order valence-corrected chi connectivity index (χ3v) is 7.86. The largest absolute Gasteiger partial charge is 0.378 e. The molecule has 5 rings (SSSR count). The van der Waals surface area contributed by atoms with Gasteiger partial charge in [-0.3, -0.25) is 9.52 Å². The quantitative estimate of drug-likeness (QED) is 0.296. The molecule has 2 aromatic carbocycles. The molecule has 1 saturated heterocycles. The van der Waals surface area contributed by atoms with Crippen molar-refractivity contribution in [1.82, 2.24) is 15.0 Å². The molecule has 9 nitrogen and oxygen atoms in total. The minimum Gasteiger partial charge on any atom is -0.378 e. The zero-order valence-corrected chi connectivity index (χ0v) is 22.0. The number of halogens is 2. The number of pyridine rings is 1. The highest BCUT2D eigenvalue weighted by Gasteiger charge is 2.23. The van der Waals surface area contributed by atoms with Crippen molar-refractivity contribution >= 4 is 38.3 Å². The number of imidazole rings is 1. The van der Waals surface area contributed by atoms with E-state index >= 15 is 4.39 Å². The topological polar surface area (TPSA) is 117 Å². The first kappa shape index (κ1) is 26.7. The first-order valence-electron chi connectivity index (χ1n) is 12.5. The van der Waals surface area contributed by atoms with Crippen LogP contribution in [-0.2, 0) is 21.2 Å². The number of anilines is 2. The maximum Gasteiger partial charge on any atom is 0.232 e. The second-order valence-electron chi connectivity index (χ2n) is 9.25. The van der Waals surface area contributed by atoms with E-state index in [4.69, 9.17) is 4.74 Å². The first-order chi connectivity index (χ1) is 18.7. The molecule has 0 unspecified atom stereocenters. The summed E-state index contributed by atoms with van der Waals surface area (Å²) in [5.41, 5.74) is 2.09. The number of rotatable bonds is 9. The van der Waals surface area contributed by atoms with Gasteiger partial charge in [-0.05, 0) is 54.4 Å². The van der Waals surface area contributed by atoms with Gasteiger partial charge in [-0.1, -0.05) is 6.92 Å². The van der Waals surface area contributed by atoms with Gasteiger partial charge < -0.3 is 14.6 Å². The zero-order chi connectivity index (χ0) is 27.6. The van der Waals surface area contributed by atoms with Gasteiger partial charge in [0.15, 0.2) is 17.2 Å². The third kappa shape index (κ3) is 5.91. The van der Waals surface area contributed by atoms with Crippen molar-refractivity contribution in [2.45, 2.75) is 19.8 Å². The van der Waals surface area contributed by atoms with Crippen LogP contribution in [0.4, 0.5) is 20.2 Å². The summed E-state index contributed by atoms with van der Waals surface area (Å²) in [5.74, 6) is -2.81. The van der Waals surface area contributed by atoms with Crippen molar-refractivity contribution in [2.24, 2.45) is 0 Å². The van der Waals surface area contributed by atoms with Crippen molar-refractivity contribution in [2.75, 3.05) is 41.7 Å². The maximum atomic E-state index is 15.0. The molecule has 0 bridgehead atoms. The van der Waals surface area contributed by atoms with Crippen LogP contribution in [0.5, 0.6) is 0 Å². The fourth-order valence-corrected chi connectivity index (χ4v) is 5.61. The predicted molar refractivity (Wildman–Crippen MR) is 144 cm³/mol. The van der Waals surface area contributed by atoms with Gasteiger partial charge in [0.25, 0.3) is 0 Å². The van der Waals surface area contributed by atoms with Crippen molar-refractivity contribution in [3.05, 3.63) is 71.4 Å². The summed E-state index contributed by atoms with van der Waals surface area (Å²) in [6.07, 6.45) is 1.40.